The normalized spacial score (nSPS) is 14.1. The Labute approximate surface area is 223 Å². The van der Waals surface area contributed by atoms with Gasteiger partial charge in [-0.1, -0.05) is 0 Å². The molecule has 18 heteroatoms. The highest BCUT2D eigenvalue weighted by molar-refractivity contribution is 5.93. The van der Waals surface area contributed by atoms with E-state index in [1.165, 1.54) is 24.3 Å². The molecule has 212 valence electrons. The van der Waals surface area contributed by atoms with Crippen LogP contribution in [0.4, 0.5) is 0 Å². The van der Waals surface area contributed by atoms with Crippen LogP contribution in [0.2, 0.25) is 0 Å². The SMILES string of the molecule is O=C=NCCC(=O)OC[C@H](OC(=O)CCN=C=O)C1OC(=O)C(OC(=O)CCN=C=O)=C1OC(=O)CCN=C=O. The third kappa shape index (κ3) is 12.2. The zero-order valence-electron chi connectivity index (χ0n) is 20.5. The molecule has 0 aliphatic carbocycles. The number of isocyanates is 4. The van der Waals surface area contributed by atoms with Crippen LogP contribution in [0.5, 0.6) is 0 Å². The summed E-state index contributed by atoms with van der Waals surface area (Å²) in [4.78, 5) is 115. The van der Waals surface area contributed by atoms with Crippen LogP contribution < -0.4 is 0 Å². The Morgan fingerprint density at radius 1 is 0.700 bits per heavy atom. The molecule has 1 aliphatic heterocycles. The standard InChI is InChI=1S/C22H20N4O14/c27-10-23-5-1-15(31)36-9-14(37-16(32)2-6-24-11-28)19-20(38-17(33)3-7-25-12-29)21(22(35)40-19)39-18(34)4-8-26-13-30/h14,19H,1-9H2/t14-,19?/m0/s1. The molecule has 1 rings (SSSR count). The number of nitrogens with zero attached hydrogens (tertiary/aromatic N) is 4. The number of carbonyl (C=O) groups is 5. The highest BCUT2D eigenvalue weighted by Crippen LogP contribution is 2.30. The zero-order valence-corrected chi connectivity index (χ0v) is 20.5. The zero-order chi connectivity index (χ0) is 29.8. The molecule has 0 spiro atoms. The summed E-state index contributed by atoms with van der Waals surface area (Å²) in [6.45, 7) is -2.10. The molecule has 1 unspecified atom stereocenters. The molecule has 40 heavy (non-hydrogen) atoms. The Balaban J connectivity index is 3.31. The van der Waals surface area contributed by atoms with Gasteiger partial charge in [0.2, 0.25) is 36.2 Å². The largest absolute Gasteiger partial charge is 0.461 e. The first kappa shape index (κ1) is 32.6. The number of esters is 5. The van der Waals surface area contributed by atoms with Crippen molar-refractivity contribution in [1.29, 1.82) is 0 Å². The highest BCUT2D eigenvalue weighted by Gasteiger charge is 2.46. The molecule has 18 nitrogen and oxygen atoms in total. The number of cyclic esters (lactones) is 1. The molecule has 0 N–H and O–H groups in total. The van der Waals surface area contributed by atoms with E-state index in [0.29, 0.717) is 0 Å². The fourth-order valence-corrected chi connectivity index (χ4v) is 2.66. The molecule has 0 radical (unpaired) electrons. The minimum atomic E-state index is -1.80. The number of rotatable bonds is 18. The van der Waals surface area contributed by atoms with Crippen LogP contribution in [0.3, 0.4) is 0 Å². The maximum Gasteiger partial charge on any atom is 0.379 e. The average Bonchev–Trinajstić information content (AvgIpc) is 3.21. The molecule has 2 atom stereocenters. The second-order valence-electron chi connectivity index (χ2n) is 7.07. The van der Waals surface area contributed by atoms with Crippen LogP contribution >= 0.6 is 0 Å². The van der Waals surface area contributed by atoms with E-state index in [-0.39, 0.29) is 32.6 Å². The Kier molecular flexibility index (Phi) is 15.3. The van der Waals surface area contributed by atoms with Crippen molar-refractivity contribution in [3.8, 4) is 0 Å². The molecular weight excluding hydrogens is 544 g/mol. The first-order chi connectivity index (χ1) is 19.3. The summed E-state index contributed by atoms with van der Waals surface area (Å²) in [5.74, 6) is -7.16. The van der Waals surface area contributed by atoms with Gasteiger partial charge in [-0.3, -0.25) is 19.2 Å². The van der Waals surface area contributed by atoms with Crippen LogP contribution in [0, 0.1) is 0 Å². The van der Waals surface area contributed by atoms with E-state index in [9.17, 15) is 43.2 Å². The number of aliphatic imine (C=N–C) groups is 4. The fraction of sp³-hybridized carbons (Fsp3) is 0.500. The summed E-state index contributed by atoms with van der Waals surface area (Å²) in [6, 6.07) is 0. The maximum atomic E-state index is 12.6. The summed E-state index contributed by atoms with van der Waals surface area (Å²) in [5.41, 5.74) is 0. The van der Waals surface area contributed by atoms with Gasteiger partial charge in [-0.05, 0) is 0 Å². The van der Waals surface area contributed by atoms with Crippen molar-refractivity contribution in [3.63, 3.8) is 0 Å². The highest BCUT2D eigenvalue weighted by atomic mass is 16.7. The van der Waals surface area contributed by atoms with Gasteiger partial charge in [0, 0.05) is 0 Å². The van der Waals surface area contributed by atoms with Crippen LogP contribution in [0.25, 0.3) is 0 Å². The van der Waals surface area contributed by atoms with Crippen molar-refractivity contribution in [3.05, 3.63) is 11.5 Å². The van der Waals surface area contributed by atoms with Gasteiger partial charge in [0.25, 0.3) is 5.76 Å². The van der Waals surface area contributed by atoms with Gasteiger partial charge in [-0.25, -0.2) is 43.9 Å². The lowest BCUT2D eigenvalue weighted by Gasteiger charge is -2.24. The molecule has 1 heterocycles. The third-order valence-corrected chi connectivity index (χ3v) is 4.34. The molecular formula is C22H20N4O14. The van der Waals surface area contributed by atoms with Gasteiger partial charge in [0.05, 0.1) is 51.9 Å². The quantitative estimate of drug-likeness (QED) is 0.0801. The number of hydrogen-bond acceptors (Lipinski definition) is 18. The topological polar surface area (TPSA) is 249 Å². The monoisotopic (exact) mass is 564 g/mol. The van der Waals surface area contributed by atoms with Crippen LogP contribution in [0.15, 0.2) is 31.5 Å². The second-order valence-corrected chi connectivity index (χ2v) is 7.07. The van der Waals surface area contributed by atoms with Gasteiger partial charge in [0.1, 0.15) is 6.61 Å². The molecule has 0 aromatic heterocycles. The van der Waals surface area contributed by atoms with Crippen LogP contribution in [-0.4, -0.2) is 99.2 Å². The van der Waals surface area contributed by atoms with E-state index in [1.54, 1.807) is 0 Å². The Morgan fingerprint density at radius 3 is 1.65 bits per heavy atom. The van der Waals surface area contributed by atoms with E-state index >= 15 is 0 Å². The smallest absolute Gasteiger partial charge is 0.379 e. The van der Waals surface area contributed by atoms with Crippen molar-refractivity contribution in [1.82, 2.24) is 0 Å². The van der Waals surface area contributed by atoms with E-state index in [2.05, 4.69) is 20.0 Å². The molecule has 0 amide bonds. The van der Waals surface area contributed by atoms with Crippen molar-refractivity contribution in [2.75, 3.05) is 32.8 Å². The number of ether oxygens (including phenoxy) is 5. The summed E-state index contributed by atoms with van der Waals surface area (Å²) in [6.07, 6.45) is -0.506. The molecule has 0 aromatic rings. The number of carbonyl (C=O) groups excluding carboxylic acids is 9. The Hall–Kier alpha value is -5.39. The maximum absolute atomic E-state index is 12.6. The van der Waals surface area contributed by atoms with Crippen molar-refractivity contribution in [2.45, 2.75) is 37.9 Å². The minimum absolute atomic E-state index is 0.269. The average molecular weight is 564 g/mol. The summed E-state index contributed by atoms with van der Waals surface area (Å²) in [5, 5.41) is 0. The lowest BCUT2D eigenvalue weighted by molar-refractivity contribution is -0.172. The molecule has 0 saturated heterocycles. The van der Waals surface area contributed by atoms with E-state index in [4.69, 9.17) is 23.7 Å². The minimum Gasteiger partial charge on any atom is -0.461 e. The van der Waals surface area contributed by atoms with E-state index in [0.717, 1.165) is 0 Å². The first-order valence-corrected chi connectivity index (χ1v) is 11.1. The van der Waals surface area contributed by atoms with Gasteiger partial charge in [0.15, 0.2) is 6.10 Å². The lowest BCUT2D eigenvalue weighted by atomic mass is 10.1. The summed E-state index contributed by atoms with van der Waals surface area (Å²) >= 11 is 0. The molecule has 0 saturated carbocycles. The van der Waals surface area contributed by atoms with Gasteiger partial charge in [-0.15, -0.1) is 0 Å². The predicted octanol–water partition coefficient (Wildman–Crippen LogP) is -1.43. The van der Waals surface area contributed by atoms with Crippen molar-refractivity contribution in [2.24, 2.45) is 20.0 Å². The summed E-state index contributed by atoms with van der Waals surface area (Å²) in [7, 11) is 0. The first-order valence-electron chi connectivity index (χ1n) is 11.1. The van der Waals surface area contributed by atoms with Gasteiger partial charge < -0.3 is 23.7 Å². The molecule has 0 aromatic carbocycles. The van der Waals surface area contributed by atoms with E-state index in [1.807, 2.05) is 0 Å². The van der Waals surface area contributed by atoms with Crippen molar-refractivity contribution < 1.29 is 66.8 Å². The van der Waals surface area contributed by atoms with Crippen LogP contribution in [0.1, 0.15) is 25.7 Å². The Morgan fingerprint density at radius 2 is 1.15 bits per heavy atom. The molecule has 0 fully saturated rings. The lowest BCUT2D eigenvalue weighted by Crippen LogP contribution is -2.39. The number of hydrogen-bond donors (Lipinski definition) is 0. The third-order valence-electron chi connectivity index (χ3n) is 4.34. The van der Waals surface area contributed by atoms with Gasteiger partial charge in [-0.2, -0.15) is 0 Å². The van der Waals surface area contributed by atoms with Crippen molar-refractivity contribution >= 4 is 54.2 Å². The van der Waals surface area contributed by atoms with E-state index < -0.39 is 79.4 Å². The predicted molar refractivity (Wildman–Crippen MR) is 120 cm³/mol. The Bertz CT molecular complexity index is 1200. The molecule has 0 bridgehead atoms. The van der Waals surface area contributed by atoms with Gasteiger partial charge >= 0.3 is 29.8 Å². The van der Waals surface area contributed by atoms with Crippen LogP contribution in [-0.2, 0) is 66.8 Å². The second kappa shape index (κ2) is 18.8. The summed E-state index contributed by atoms with van der Waals surface area (Å²) < 4.78 is 25.3. The molecule has 1 aliphatic rings. The fourth-order valence-electron chi connectivity index (χ4n) is 2.66.